The fourth-order valence-electron chi connectivity index (χ4n) is 3.26. The van der Waals surface area contributed by atoms with Gasteiger partial charge in [0, 0.05) is 0 Å². The van der Waals surface area contributed by atoms with E-state index in [1.807, 2.05) is 36.4 Å². The van der Waals surface area contributed by atoms with Crippen LogP contribution in [0.25, 0.3) is 6.08 Å². The molecule has 2 aromatic rings. The summed E-state index contributed by atoms with van der Waals surface area (Å²) in [6.07, 6.45) is 4.67. The summed E-state index contributed by atoms with van der Waals surface area (Å²) in [6, 6.07) is 13.1. The van der Waals surface area contributed by atoms with Gasteiger partial charge in [0.25, 0.3) is 0 Å². The molecule has 1 unspecified atom stereocenters. The Morgan fingerprint density at radius 2 is 1.96 bits per heavy atom. The quantitative estimate of drug-likeness (QED) is 0.629. The van der Waals surface area contributed by atoms with Crippen LogP contribution in [0.15, 0.2) is 48.0 Å². The van der Waals surface area contributed by atoms with Crippen molar-refractivity contribution in [3.63, 3.8) is 0 Å². The molecule has 0 saturated carbocycles. The zero-order valence-corrected chi connectivity index (χ0v) is 14.3. The Hall–Kier alpha value is -2.88. The smallest absolute Gasteiger partial charge is 0.337 e. The average Bonchev–Trinajstić information content (AvgIpc) is 2.66. The number of benzene rings is 2. The van der Waals surface area contributed by atoms with Crippen molar-refractivity contribution in [3.8, 4) is 5.75 Å². The van der Waals surface area contributed by atoms with Gasteiger partial charge in [0.05, 0.1) is 25.7 Å². The first-order valence-corrected chi connectivity index (χ1v) is 8.17. The van der Waals surface area contributed by atoms with Gasteiger partial charge in [-0.2, -0.15) is 0 Å². The van der Waals surface area contributed by atoms with Crippen LogP contribution in [-0.4, -0.2) is 26.5 Å². The number of hydrogen-bond donors (Lipinski definition) is 0. The van der Waals surface area contributed by atoms with E-state index in [-0.39, 0.29) is 11.9 Å². The van der Waals surface area contributed by atoms with Crippen molar-refractivity contribution in [2.75, 3.05) is 14.2 Å². The largest absolute Gasteiger partial charge is 0.497 e. The Morgan fingerprint density at radius 3 is 2.68 bits per heavy atom. The number of hydrogen-bond acceptors (Lipinski definition) is 4. The van der Waals surface area contributed by atoms with Gasteiger partial charge in [0.1, 0.15) is 12.0 Å². The first-order valence-electron chi connectivity index (χ1n) is 8.17. The van der Waals surface area contributed by atoms with Gasteiger partial charge in [0.2, 0.25) is 0 Å². The summed E-state index contributed by atoms with van der Waals surface area (Å²) < 4.78 is 10.1. The third-order valence-corrected chi connectivity index (χ3v) is 4.57. The molecule has 1 aliphatic carbocycles. The van der Waals surface area contributed by atoms with Gasteiger partial charge in [-0.1, -0.05) is 29.8 Å². The van der Waals surface area contributed by atoms with Crippen LogP contribution in [0.1, 0.15) is 39.4 Å². The Bertz CT molecular complexity index is 836. The maximum absolute atomic E-state index is 11.8. The fraction of sp³-hybridized carbons (Fsp3) is 0.238. The summed E-state index contributed by atoms with van der Waals surface area (Å²) in [5.74, 6) is 0.0890. The maximum atomic E-state index is 11.8. The molecule has 1 aliphatic rings. The topological polar surface area (TPSA) is 52.6 Å². The van der Waals surface area contributed by atoms with Crippen molar-refractivity contribution in [1.29, 1.82) is 0 Å². The summed E-state index contributed by atoms with van der Waals surface area (Å²) in [5.41, 5.74) is 4.60. The highest BCUT2D eigenvalue weighted by atomic mass is 16.5. The molecule has 3 rings (SSSR count). The highest BCUT2D eigenvalue weighted by Crippen LogP contribution is 2.37. The molecule has 0 fully saturated rings. The third-order valence-electron chi connectivity index (χ3n) is 4.57. The molecule has 4 heteroatoms. The van der Waals surface area contributed by atoms with Crippen LogP contribution in [0.5, 0.6) is 5.75 Å². The van der Waals surface area contributed by atoms with Crippen molar-refractivity contribution in [3.05, 3.63) is 70.3 Å². The molecule has 0 radical (unpaired) electrons. The zero-order chi connectivity index (χ0) is 17.8. The molecule has 2 aromatic carbocycles. The second-order valence-corrected chi connectivity index (χ2v) is 6.01. The van der Waals surface area contributed by atoms with Gasteiger partial charge in [0.15, 0.2) is 0 Å². The van der Waals surface area contributed by atoms with E-state index in [0.29, 0.717) is 5.56 Å². The van der Waals surface area contributed by atoms with E-state index in [1.54, 1.807) is 19.2 Å². The molecule has 1 atom stereocenters. The van der Waals surface area contributed by atoms with Crippen molar-refractivity contribution >= 4 is 18.3 Å². The first kappa shape index (κ1) is 17.0. The lowest BCUT2D eigenvalue weighted by atomic mass is 9.79. The fourth-order valence-corrected chi connectivity index (χ4v) is 3.26. The van der Waals surface area contributed by atoms with Crippen LogP contribution < -0.4 is 4.74 Å². The highest BCUT2D eigenvalue weighted by Gasteiger charge is 2.24. The molecular formula is C21H20O4. The predicted octanol–water partition coefficient (Wildman–Crippen LogP) is 3.79. The van der Waals surface area contributed by atoms with Crippen LogP contribution in [0.4, 0.5) is 0 Å². The second-order valence-electron chi connectivity index (χ2n) is 6.01. The summed E-state index contributed by atoms with van der Waals surface area (Å²) in [6.45, 7) is 0. The van der Waals surface area contributed by atoms with Crippen molar-refractivity contribution < 1.29 is 19.1 Å². The van der Waals surface area contributed by atoms with Crippen LogP contribution in [-0.2, 0) is 16.0 Å². The number of aldehydes is 1. The van der Waals surface area contributed by atoms with Gasteiger partial charge in [-0.05, 0) is 53.8 Å². The SMILES string of the molecule is COC(=O)c1cccc(C=C2CCc3ccc(OC)cc3C2C=O)c1. The van der Waals surface area contributed by atoms with E-state index in [9.17, 15) is 9.59 Å². The molecule has 128 valence electrons. The molecule has 4 nitrogen and oxygen atoms in total. The molecule has 0 N–H and O–H groups in total. The number of esters is 1. The molecule has 0 bridgehead atoms. The minimum absolute atomic E-state index is 0.291. The summed E-state index contributed by atoms with van der Waals surface area (Å²) in [7, 11) is 2.98. The number of rotatable bonds is 4. The molecule has 0 aliphatic heterocycles. The normalized spacial score (nSPS) is 17.7. The van der Waals surface area contributed by atoms with Crippen LogP contribution in [0.2, 0.25) is 0 Å². The van der Waals surface area contributed by atoms with Crippen LogP contribution in [0, 0.1) is 0 Å². The Balaban J connectivity index is 1.98. The van der Waals surface area contributed by atoms with Gasteiger partial charge >= 0.3 is 5.97 Å². The lowest BCUT2D eigenvalue weighted by Gasteiger charge is -2.25. The van der Waals surface area contributed by atoms with Gasteiger partial charge in [-0.15, -0.1) is 0 Å². The van der Waals surface area contributed by atoms with E-state index in [1.165, 1.54) is 12.7 Å². The molecule has 25 heavy (non-hydrogen) atoms. The lowest BCUT2D eigenvalue weighted by Crippen LogP contribution is -2.14. The van der Waals surface area contributed by atoms with E-state index in [4.69, 9.17) is 9.47 Å². The van der Waals surface area contributed by atoms with Crippen molar-refractivity contribution in [2.24, 2.45) is 0 Å². The number of methoxy groups -OCH3 is 2. The lowest BCUT2D eigenvalue weighted by molar-refractivity contribution is -0.108. The number of fused-ring (bicyclic) bond motifs is 1. The first-order chi connectivity index (χ1) is 12.2. The molecule has 0 amide bonds. The molecular weight excluding hydrogens is 316 g/mol. The molecule has 0 saturated heterocycles. The number of carbonyl (C=O) groups is 2. The predicted molar refractivity (Wildman–Crippen MR) is 95.9 cm³/mol. The van der Waals surface area contributed by atoms with Crippen molar-refractivity contribution in [2.45, 2.75) is 18.8 Å². The summed E-state index contributed by atoms with van der Waals surface area (Å²) >= 11 is 0. The summed E-state index contributed by atoms with van der Waals surface area (Å²) in [5, 5.41) is 0. The zero-order valence-electron chi connectivity index (χ0n) is 14.3. The van der Waals surface area contributed by atoms with Gasteiger partial charge in [-0.3, -0.25) is 0 Å². The van der Waals surface area contributed by atoms with E-state index < -0.39 is 0 Å². The van der Waals surface area contributed by atoms with E-state index in [0.717, 1.165) is 41.6 Å². The van der Waals surface area contributed by atoms with E-state index >= 15 is 0 Å². The Kier molecular flexibility index (Phi) is 4.98. The monoisotopic (exact) mass is 336 g/mol. The van der Waals surface area contributed by atoms with Gasteiger partial charge in [-0.25, -0.2) is 4.79 Å². The average molecular weight is 336 g/mol. The number of aryl methyl sites for hydroxylation is 1. The molecule has 0 spiro atoms. The van der Waals surface area contributed by atoms with Crippen molar-refractivity contribution in [1.82, 2.24) is 0 Å². The molecule has 0 aromatic heterocycles. The van der Waals surface area contributed by atoms with Crippen LogP contribution >= 0.6 is 0 Å². The van der Waals surface area contributed by atoms with Crippen LogP contribution in [0.3, 0.4) is 0 Å². The minimum Gasteiger partial charge on any atom is -0.497 e. The maximum Gasteiger partial charge on any atom is 0.337 e. The standard InChI is InChI=1S/C21H20O4/c1-24-18-9-8-15-6-7-16(20(13-22)19(15)12-18)10-14-4-3-5-17(11-14)21(23)25-2/h3-5,8-13,20H,6-7H2,1-2H3. The minimum atomic E-state index is -0.370. The van der Waals surface area contributed by atoms with E-state index in [2.05, 4.69) is 0 Å². The number of allylic oxidation sites excluding steroid dienone is 1. The summed E-state index contributed by atoms with van der Waals surface area (Å²) in [4.78, 5) is 23.5. The number of ether oxygens (including phenoxy) is 2. The number of carbonyl (C=O) groups excluding carboxylic acids is 2. The molecule has 0 heterocycles. The Morgan fingerprint density at radius 1 is 1.12 bits per heavy atom. The van der Waals surface area contributed by atoms with Gasteiger partial charge < -0.3 is 14.3 Å². The Labute approximate surface area is 147 Å². The second kappa shape index (κ2) is 7.34. The highest BCUT2D eigenvalue weighted by molar-refractivity contribution is 5.90. The third kappa shape index (κ3) is 3.48.